The standard InChI is InChI=1S/C24H21NO6/c1-29-24(28)15-10-8-14(9-11-15)20-19-21(26)17-6-2-3-7-18(17)31-22(19)23(27)25(20)13-16-5-4-12-30-16/h2-3,6-11,16,20H,4-5,12-13H2,1H3. The van der Waals surface area contributed by atoms with Crippen molar-refractivity contribution in [2.24, 2.45) is 0 Å². The van der Waals surface area contributed by atoms with Crippen molar-refractivity contribution in [3.8, 4) is 0 Å². The maximum Gasteiger partial charge on any atom is 0.337 e. The van der Waals surface area contributed by atoms with Crippen LogP contribution in [-0.2, 0) is 9.47 Å². The number of esters is 1. The molecule has 0 spiro atoms. The highest BCUT2D eigenvalue weighted by Crippen LogP contribution is 2.39. The Balaban J connectivity index is 1.65. The van der Waals surface area contributed by atoms with Crippen LogP contribution in [0.4, 0.5) is 0 Å². The first kappa shape index (κ1) is 19.5. The molecule has 158 valence electrons. The van der Waals surface area contributed by atoms with Crippen molar-refractivity contribution in [2.45, 2.75) is 25.0 Å². The first-order chi connectivity index (χ1) is 15.1. The third kappa shape index (κ3) is 3.21. The average molecular weight is 419 g/mol. The maximum atomic E-state index is 13.4. The first-order valence-corrected chi connectivity index (χ1v) is 10.2. The number of carbonyl (C=O) groups excluding carboxylic acids is 2. The number of rotatable bonds is 4. The quantitative estimate of drug-likeness (QED) is 0.603. The molecule has 2 aromatic carbocycles. The summed E-state index contributed by atoms with van der Waals surface area (Å²) in [5.74, 6) is -0.699. The highest BCUT2D eigenvalue weighted by atomic mass is 16.5. The molecule has 0 radical (unpaired) electrons. The highest BCUT2D eigenvalue weighted by Gasteiger charge is 2.43. The van der Waals surface area contributed by atoms with Crippen LogP contribution >= 0.6 is 0 Å². The van der Waals surface area contributed by atoms with Gasteiger partial charge in [0.05, 0.1) is 35.8 Å². The molecule has 1 fully saturated rings. The summed E-state index contributed by atoms with van der Waals surface area (Å²) in [6.07, 6.45) is 1.72. The fourth-order valence-corrected chi connectivity index (χ4v) is 4.43. The molecule has 3 aromatic rings. The van der Waals surface area contributed by atoms with Crippen molar-refractivity contribution in [1.29, 1.82) is 0 Å². The van der Waals surface area contributed by atoms with E-state index in [-0.39, 0.29) is 23.2 Å². The van der Waals surface area contributed by atoms with Gasteiger partial charge in [-0.3, -0.25) is 9.59 Å². The minimum absolute atomic E-state index is 0.0729. The lowest BCUT2D eigenvalue weighted by Gasteiger charge is -2.27. The Morgan fingerprint density at radius 1 is 1.13 bits per heavy atom. The molecule has 0 aliphatic carbocycles. The molecule has 0 bridgehead atoms. The van der Waals surface area contributed by atoms with Crippen molar-refractivity contribution in [3.05, 3.63) is 81.2 Å². The van der Waals surface area contributed by atoms with Gasteiger partial charge in [-0.1, -0.05) is 24.3 Å². The number of ether oxygens (including phenoxy) is 2. The van der Waals surface area contributed by atoms with Gasteiger partial charge in [-0.05, 0) is 42.7 Å². The van der Waals surface area contributed by atoms with E-state index in [0.29, 0.717) is 35.2 Å². The normalized spacial score (nSPS) is 20.3. The Kier molecular flexibility index (Phi) is 4.82. The van der Waals surface area contributed by atoms with Gasteiger partial charge in [0.2, 0.25) is 5.76 Å². The van der Waals surface area contributed by atoms with Gasteiger partial charge in [-0.25, -0.2) is 4.79 Å². The van der Waals surface area contributed by atoms with Gasteiger partial charge in [0.15, 0.2) is 5.43 Å². The van der Waals surface area contributed by atoms with Gasteiger partial charge in [0.25, 0.3) is 5.91 Å². The summed E-state index contributed by atoms with van der Waals surface area (Å²) < 4.78 is 16.4. The fraction of sp³-hybridized carbons (Fsp3) is 0.292. The molecule has 2 aliphatic rings. The second-order valence-electron chi connectivity index (χ2n) is 7.78. The summed E-state index contributed by atoms with van der Waals surface area (Å²) in [4.78, 5) is 40.2. The Hall–Kier alpha value is -3.45. The molecule has 2 unspecified atom stereocenters. The Bertz CT molecular complexity index is 1220. The highest BCUT2D eigenvalue weighted by molar-refractivity contribution is 5.99. The molecule has 31 heavy (non-hydrogen) atoms. The molecule has 7 nitrogen and oxygen atoms in total. The van der Waals surface area contributed by atoms with Gasteiger partial charge in [-0.15, -0.1) is 0 Å². The fourth-order valence-electron chi connectivity index (χ4n) is 4.43. The summed E-state index contributed by atoms with van der Waals surface area (Å²) in [5.41, 5.74) is 1.61. The van der Waals surface area contributed by atoms with Gasteiger partial charge in [0.1, 0.15) is 5.58 Å². The minimum Gasteiger partial charge on any atom is -0.465 e. The summed E-state index contributed by atoms with van der Waals surface area (Å²) in [6, 6.07) is 13.1. The first-order valence-electron chi connectivity index (χ1n) is 10.2. The zero-order chi connectivity index (χ0) is 21.5. The molecule has 1 saturated heterocycles. The number of nitrogens with zero attached hydrogens (tertiary/aromatic N) is 1. The molecule has 7 heteroatoms. The van der Waals surface area contributed by atoms with Gasteiger partial charge in [-0.2, -0.15) is 0 Å². The molecule has 2 aliphatic heterocycles. The van der Waals surface area contributed by atoms with E-state index in [1.54, 1.807) is 53.4 Å². The summed E-state index contributed by atoms with van der Waals surface area (Å²) in [7, 11) is 1.32. The lowest BCUT2D eigenvalue weighted by atomic mass is 9.97. The third-order valence-corrected chi connectivity index (χ3v) is 5.95. The predicted molar refractivity (Wildman–Crippen MR) is 112 cm³/mol. The number of para-hydroxylation sites is 1. The second kappa shape index (κ2) is 7.67. The lowest BCUT2D eigenvalue weighted by molar-refractivity contribution is 0.0486. The van der Waals surface area contributed by atoms with Crippen LogP contribution in [0.15, 0.2) is 57.7 Å². The zero-order valence-electron chi connectivity index (χ0n) is 17.0. The topological polar surface area (TPSA) is 86.0 Å². The van der Waals surface area contributed by atoms with Crippen LogP contribution in [0.5, 0.6) is 0 Å². The third-order valence-electron chi connectivity index (χ3n) is 5.95. The van der Waals surface area contributed by atoms with Crippen LogP contribution in [0.3, 0.4) is 0 Å². The van der Waals surface area contributed by atoms with Gasteiger partial charge in [0, 0.05) is 13.2 Å². The zero-order valence-corrected chi connectivity index (χ0v) is 17.0. The molecule has 5 rings (SSSR count). The van der Waals surface area contributed by atoms with E-state index in [4.69, 9.17) is 13.9 Å². The summed E-state index contributed by atoms with van der Waals surface area (Å²) in [6.45, 7) is 1.03. The number of benzene rings is 2. The van der Waals surface area contributed by atoms with E-state index in [1.165, 1.54) is 7.11 Å². The number of hydrogen-bond acceptors (Lipinski definition) is 6. The molecule has 1 aromatic heterocycles. The molecular formula is C24H21NO6. The average Bonchev–Trinajstić information content (AvgIpc) is 3.41. The van der Waals surface area contributed by atoms with Crippen molar-refractivity contribution < 1.29 is 23.5 Å². The van der Waals surface area contributed by atoms with Crippen LogP contribution in [0.25, 0.3) is 11.0 Å². The van der Waals surface area contributed by atoms with Crippen molar-refractivity contribution >= 4 is 22.8 Å². The number of fused-ring (bicyclic) bond motifs is 2. The van der Waals surface area contributed by atoms with Crippen LogP contribution in [0.1, 0.15) is 50.9 Å². The molecular weight excluding hydrogens is 398 g/mol. The van der Waals surface area contributed by atoms with E-state index in [0.717, 1.165) is 18.4 Å². The van der Waals surface area contributed by atoms with Crippen LogP contribution in [0.2, 0.25) is 0 Å². The summed E-state index contributed by atoms with van der Waals surface area (Å²) in [5, 5.41) is 0.434. The molecule has 1 amide bonds. The van der Waals surface area contributed by atoms with Gasteiger partial charge >= 0.3 is 5.97 Å². The molecule has 2 atom stereocenters. The smallest absolute Gasteiger partial charge is 0.337 e. The molecule has 3 heterocycles. The van der Waals surface area contributed by atoms with Crippen molar-refractivity contribution in [2.75, 3.05) is 20.3 Å². The van der Waals surface area contributed by atoms with E-state index >= 15 is 0 Å². The van der Waals surface area contributed by atoms with Crippen molar-refractivity contribution in [1.82, 2.24) is 4.90 Å². The Labute approximate surface area is 178 Å². The number of hydrogen-bond donors (Lipinski definition) is 0. The maximum absolute atomic E-state index is 13.4. The Morgan fingerprint density at radius 3 is 2.61 bits per heavy atom. The number of amides is 1. The SMILES string of the molecule is COC(=O)c1ccc(C2c3c(oc4ccccc4c3=O)C(=O)N2CC2CCCO2)cc1. The van der Waals surface area contributed by atoms with Crippen LogP contribution < -0.4 is 5.43 Å². The second-order valence-corrected chi connectivity index (χ2v) is 7.78. The van der Waals surface area contributed by atoms with Crippen LogP contribution in [-0.4, -0.2) is 43.1 Å². The monoisotopic (exact) mass is 419 g/mol. The van der Waals surface area contributed by atoms with Gasteiger partial charge < -0.3 is 18.8 Å². The van der Waals surface area contributed by atoms with E-state index < -0.39 is 12.0 Å². The number of methoxy groups -OCH3 is 1. The summed E-state index contributed by atoms with van der Waals surface area (Å²) >= 11 is 0. The van der Waals surface area contributed by atoms with Crippen molar-refractivity contribution in [3.63, 3.8) is 0 Å². The van der Waals surface area contributed by atoms with E-state index in [1.807, 2.05) is 0 Å². The molecule has 0 saturated carbocycles. The number of carbonyl (C=O) groups is 2. The van der Waals surface area contributed by atoms with E-state index in [9.17, 15) is 14.4 Å². The van der Waals surface area contributed by atoms with Crippen LogP contribution in [0, 0.1) is 0 Å². The Morgan fingerprint density at radius 2 is 1.90 bits per heavy atom. The lowest BCUT2D eigenvalue weighted by Crippen LogP contribution is -2.36. The minimum atomic E-state index is -0.612. The molecule has 0 N–H and O–H groups in total. The van der Waals surface area contributed by atoms with E-state index in [2.05, 4.69) is 0 Å². The predicted octanol–water partition coefficient (Wildman–Crippen LogP) is 3.30. The largest absolute Gasteiger partial charge is 0.465 e.